The Morgan fingerprint density at radius 2 is 2.19 bits per heavy atom. The van der Waals surface area contributed by atoms with Gasteiger partial charge in [0.2, 0.25) is 0 Å². The first-order chi connectivity index (χ1) is 7.58. The second-order valence-corrected chi connectivity index (χ2v) is 4.42. The van der Waals surface area contributed by atoms with E-state index in [1.165, 1.54) is 13.3 Å². The molecule has 0 spiro atoms. The van der Waals surface area contributed by atoms with Gasteiger partial charge in [-0.2, -0.15) is 4.98 Å². The van der Waals surface area contributed by atoms with Gasteiger partial charge in [-0.3, -0.25) is 0 Å². The molecule has 1 aromatic rings. The average molecular weight is 264 g/mol. The second kappa shape index (κ2) is 6.11. The van der Waals surface area contributed by atoms with Crippen molar-refractivity contribution in [3.8, 4) is 6.01 Å². The van der Waals surface area contributed by atoms with Crippen LogP contribution in [0.15, 0.2) is 6.20 Å². The number of ether oxygens (including phenoxy) is 1. The molecule has 0 fully saturated rings. The quantitative estimate of drug-likeness (QED) is 0.831. The van der Waals surface area contributed by atoms with Crippen molar-refractivity contribution in [1.82, 2.24) is 9.97 Å². The maximum atomic E-state index is 5.97. The van der Waals surface area contributed by atoms with Gasteiger partial charge in [0.05, 0.1) is 13.3 Å². The Hall–Kier alpha value is -0.740. The summed E-state index contributed by atoms with van der Waals surface area (Å²) >= 11 is 11.8. The highest BCUT2D eigenvalue weighted by molar-refractivity contribution is 6.32. The molecule has 0 saturated carbocycles. The zero-order valence-electron chi connectivity index (χ0n) is 9.50. The molecule has 0 amide bonds. The van der Waals surface area contributed by atoms with Crippen molar-refractivity contribution < 1.29 is 4.74 Å². The van der Waals surface area contributed by atoms with Gasteiger partial charge in [0.15, 0.2) is 5.82 Å². The first-order valence-electron chi connectivity index (χ1n) is 4.97. The highest BCUT2D eigenvalue weighted by Gasteiger charge is 2.15. The van der Waals surface area contributed by atoms with Crippen LogP contribution in [-0.4, -0.2) is 29.0 Å². The van der Waals surface area contributed by atoms with E-state index in [1.54, 1.807) is 0 Å². The Morgan fingerprint density at radius 1 is 1.50 bits per heavy atom. The first-order valence-corrected chi connectivity index (χ1v) is 5.88. The Kier molecular flexibility index (Phi) is 5.09. The van der Waals surface area contributed by atoms with E-state index in [0.717, 1.165) is 0 Å². The van der Waals surface area contributed by atoms with E-state index in [9.17, 15) is 0 Å². The van der Waals surface area contributed by atoms with Crippen LogP contribution in [-0.2, 0) is 0 Å². The van der Waals surface area contributed by atoms with Crippen molar-refractivity contribution in [3.63, 3.8) is 0 Å². The van der Waals surface area contributed by atoms with E-state index in [-0.39, 0.29) is 12.1 Å². The van der Waals surface area contributed by atoms with Crippen LogP contribution in [0.5, 0.6) is 6.01 Å². The number of hydrogen-bond acceptors (Lipinski definition) is 4. The molecule has 0 bridgehead atoms. The minimum Gasteiger partial charge on any atom is -0.467 e. The summed E-state index contributed by atoms with van der Waals surface area (Å²) in [4.78, 5) is 8.02. The summed E-state index contributed by atoms with van der Waals surface area (Å²) in [5, 5.41) is 3.63. The summed E-state index contributed by atoms with van der Waals surface area (Å²) in [5.41, 5.74) is 0. The van der Waals surface area contributed by atoms with Gasteiger partial charge in [0.1, 0.15) is 5.02 Å². The van der Waals surface area contributed by atoms with Crippen molar-refractivity contribution in [3.05, 3.63) is 11.2 Å². The summed E-state index contributed by atoms with van der Waals surface area (Å²) in [6.07, 6.45) is 1.50. The van der Waals surface area contributed by atoms with Crippen LogP contribution in [0.1, 0.15) is 13.8 Å². The van der Waals surface area contributed by atoms with Crippen molar-refractivity contribution >= 4 is 29.0 Å². The molecule has 1 rings (SSSR count). The fourth-order valence-corrected chi connectivity index (χ4v) is 1.69. The molecule has 0 aliphatic carbocycles. The number of methoxy groups -OCH3 is 1. The van der Waals surface area contributed by atoms with Crippen LogP contribution in [0.25, 0.3) is 0 Å². The number of halogens is 2. The zero-order valence-corrected chi connectivity index (χ0v) is 11.0. The Balaban J connectivity index is 2.86. The predicted molar refractivity (Wildman–Crippen MR) is 66.6 cm³/mol. The van der Waals surface area contributed by atoms with Crippen LogP contribution in [0.3, 0.4) is 0 Å². The summed E-state index contributed by atoms with van der Waals surface area (Å²) in [6, 6.07) is 0.391. The van der Waals surface area contributed by atoms with Crippen LogP contribution < -0.4 is 10.1 Å². The maximum Gasteiger partial charge on any atom is 0.318 e. The molecule has 0 aromatic carbocycles. The number of rotatable bonds is 5. The lowest BCUT2D eigenvalue weighted by atomic mass is 10.1. The molecule has 1 unspecified atom stereocenters. The monoisotopic (exact) mass is 263 g/mol. The van der Waals surface area contributed by atoms with Crippen LogP contribution >= 0.6 is 23.2 Å². The third-order valence-corrected chi connectivity index (χ3v) is 2.81. The molecule has 1 atom stereocenters. The van der Waals surface area contributed by atoms with Crippen molar-refractivity contribution in [1.29, 1.82) is 0 Å². The van der Waals surface area contributed by atoms with Gasteiger partial charge in [-0.05, 0) is 5.92 Å². The molecule has 1 aromatic heterocycles. The van der Waals surface area contributed by atoms with Gasteiger partial charge < -0.3 is 10.1 Å². The lowest BCUT2D eigenvalue weighted by molar-refractivity contribution is 0.380. The highest BCUT2D eigenvalue weighted by Crippen LogP contribution is 2.22. The molecule has 90 valence electrons. The molecule has 1 heterocycles. The van der Waals surface area contributed by atoms with E-state index in [0.29, 0.717) is 22.6 Å². The number of alkyl halides is 1. The molecule has 0 saturated heterocycles. The lowest BCUT2D eigenvalue weighted by Crippen LogP contribution is -2.28. The molecule has 16 heavy (non-hydrogen) atoms. The summed E-state index contributed by atoms with van der Waals surface area (Å²) < 4.78 is 4.93. The fraction of sp³-hybridized carbons (Fsp3) is 0.600. The molecular formula is C10H15Cl2N3O. The number of nitrogens with zero attached hydrogens (tertiary/aromatic N) is 2. The lowest BCUT2D eigenvalue weighted by Gasteiger charge is -2.20. The third kappa shape index (κ3) is 3.39. The maximum absolute atomic E-state index is 5.97. The SMILES string of the molecule is COc1ncc(Cl)c(NC(CCl)C(C)C)n1. The normalized spacial score (nSPS) is 12.6. The minimum absolute atomic E-state index is 0.110. The van der Waals surface area contributed by atoms with E-state index >= 15 is 0 Å². The van der Waals surface area contributed by atoms with Gasteiger partial charge in [-0.1, -0.05) is 25.4 Å². The van der Waals surface area contributed by atoms with E-state index in [1.807, 2.05) is 0 Å². The van der Waals surface area contributed by atoms with Crippen molar-refractivity contribution in [2.24, 2.45) is 5.92 Å². The van der Waals surface area contributed by atoms with Gasteiger partial charge >= 0.3 is 6.01 Å². The summed E-state index contributed by atoms with van der Waals surface area (Å²) in [5.74, 6) is 1.42. The number of nitrogens with one attached hydrogen (secondary N) is 1. The third-order valence-electron chi connectivity index (χ3n) is 2.20. The molecule has 0 radical (unpaired) electrons. The molecular weight excluding hydrogens is 249 g/mol. The highest BCUT2D eigenvalue weighted by atomic mass is 35.5. The van der Waals surface area contributed by atoms with Gasteiger partial charge in [-0.15, -0.1) is 11.6 Å². The molecule has 4 nitrogen and oxygen atoms in total. The van der Waals surface area contributed by atoms with Crippen LogP contribution in [0.2, 0.25) is 5.02 Å². The zero-order chi connectivity index (χ0) is 12.1. The van der Waals surface area contributed by atoms with Crippen LogP contribution in [0, 0.1) is 5.92 Å². The van der Waals surface area contributed by atoms with Gasteiger partial charge in [0, 0.05) is 11.9 Å². The topological polar surface area (TPSA) is 47.0 Å². The fourth-order valence-electron chi connectivity index (χ4n) is 1.11. The van der Waals surface area contributed by atoms with Gasteiger partial charge in [-0.25, -0.2) is 4.98 Å². The van der Waals surface area contributed by atoms with Crippen LogP contribution in [0.4, 0.5) is 5.82 Å². The van der Waals surface area contributed by atoms with Crippen molar-refractivity contribution in [2.45, 2.75) is 19.9 Å². The smallest absolute Gasteiger partial charge is 0.318 e. The predicted octanol–water partition coefficient (Wildman–Crippen LogP) is 2.81. The number of anilines is 1. The average Bonchev–Trinajstić information content (AvgIpc) is 2.27. The molecule has 0 aliphatic rings. The van der Waals surface area contributed by atoms with Gasteiger partial charge in [0.25, 0.3) is 0 Å². The molecule has 1 N–H and O–H groups in total. The molecule has 0 aliphatic heterocycles. The Bertz CT molecular complexity index is 347. The Morgan fingerprint density at radius 3 is 2.69 bits per heavy atom. The number of aromatic nitrogens is 2. The van der Waals surface area contributed by atoms with E-state index in [4.69, 9.17) is 27.9 Å². The van der Waals surface area contributed by atoms with E-state index < -0.39 is 0 Å². The summed E-state index contributed by atoms with van der Waals surface area (Å²) in [7, 11) is 1.51. The second-order valence-electron chi connectivity index (χ2n) is 3.70. The van der Waals surface area contributed by atoms with E-state index in [2.05, 4.69) is 29.1 Å². The standard InChI is InChI=1S/C10H15Cl2N3O/c1-6(2)8(4-11)14-9-7(12)5-13-10(15-9)16-3/h5-6,8H,4H2,1-3H3,(H,13,14,15). The minimum atomic E-state index is 0.110. The first kappa shape index (κ1) is 13.3. The van der Waals surface area contributed by atoms with Crippen molar-refractivity contribution in [2.75, 3.05) is 18.3 Å². The Labute approximate surface area is 105 Å². The number of hydrogen-bond donors (Lipinski definition) is 1. The largest absolute Gasteiger partial charge is 0.467 e. The summed E-state index contributed by atoms with van der Waals surface area (Å²) in [6.45, 7) is 4.15. The molecule has 6 heteroatoms.